The molecule has 0 bridgehead atoms. The summed E-state index contributed by atoms with van der Waals surface area (Å²) < 4.78 is 20.9. The van der Waals surface area contributed by atoms with Crippen LogP contribution in [0, 0.1) is 5.82 Å². The number of aryl methyl sites for hydroxylation is 1. The second-order valence-electron chi connectivity index (χ2n) is 4.33. The van der Waals surface area contributed by atoms with Crippen LogP contribution in [0.5, 0.6) is 5.75 Å². The van der Waals surface area contributed by atoms with E-state index in [2.05, 4.69) is 4.98 Å². The van der Waals surface area contributed by atoms with E-state index in [1.165, 1.54) is 13.2 Å². The van der Waals surface area contributed by atoms with Gasteiger partial charge in [-0.15, -0.1) is 0 Å². The Balaban J connectivity index is 2.18. The van der Waals surface area contributed by atoms with Crippen LogP contribution in [0.4, 0.5) is 4.39 Å². The van der Waals surface area contributed by atoms with E-state index in [0.717, 1.165) is 12.4 Å². The van der Waals surface area contributed by atoms with Gasteiger partial charge >= 0.3 is 0 Å². The van der Waals surface area contributed by atoms with Crippen LogP contribution < -0.4 is 10.5 Å². The van der Waals surface area contributed by atoms with E-state index < -0.39 is 6.04 Å². The second-order valence-corrected chi connectivity index (χ2v) is 4.33. The molecule has 0 amide bonds. The maximum absolute atomic E-state index is 13.9. The van der Waals surface area contributed by atoms with E-state index in [1.54, 1.807) is 18.3 Å². The lowest BCUT2D eigenvalue weighted by Gasteiger charge is -2.14. The molecule has 1 heterocycles. The van der Waals surface area contributed by atoms with Gasteiger partial charge in [-0.3, -0.25) is 0 Å². The molecule has 0 spiro atoms. The number of hydrogen-bond acceptors (Lipinski definition) is 3. The molecule has 19 heavy (non-hydrogen) atoms. The van der Waals surface area contributed by atoms with Crippen molar-refractivity contribution in [2.75, 3.05) is 7.11 Å². The van der Waals surface area contributed by atoms with Crippen molar-refractivity contribution in [3.63, 3.8) is 0 Å². The molecule has 102 valence electrons. The average Bonchev–Trinajstić information content (AvgIpc) is 2.85. The van der Waals surface area contributed by atoms with Crippen LogP contribution in [0.25, 0.3) is 0 Å². The number of nitrogens with two attached hydrogens (primary N) is 1. The van der Waals surface area contributed by atoms with Crippen LogP contribution in [-0.2, 0) is 13.0 Å². The molecule has 0 aliphatic carbocycles. The van der Waals surface area contributed by atoms with Crippen molar-refractivity contribution < 1.29 is 9.13 Å². The third kappa shape index (κ3) is 2.93. The first kappa shape index (κ1) is 13.5. The molecule has 1 aromatic carbocycles. The highest BCUT2D eigenvalue weighted by atomic mass is 19.1. The standard InChI is InChI=1S/C14H18FN3O/c1-3-18-7-6-17-14(18)9-13(16)11-5-4-10(19-2)8-12(11)15/h4-8,13H,3,9,16H2,1-2H3. The number of hydrogen-bond donors (Lipinski definition) is 1. The third-order valence-electron chi connectivity index (χ3n) is 3.15. The Morgan fingerprint density at radius 3 is 2.89 bits per heavy atom. The predicted octanol–water partition coefficient (Wildman–Crippen LogP) is 2.29. The number of benzene rings is 1. The van der Waals surface area contributed by atoms with E-state index in [-0.39, 0.29) is 5.82 Å². The van der Waals surface area contributed by atoms with E-state index in [0.29, 0.717) is 17.7 Å². The number of halogens is 1. The molecule has 4 nitrogen and oxygen atoms in total. The molecule has 2 N–H and O–H groups in total. The first-order valence-corrected chi connectivity index (χ1v) is 6.24. The first-order valence-electron chi connectivity index (χ1n) is 6.24. The summed E-state index contributed by atoms with van der Waals surface area (Å²) in [5, 5.41) is 0. The number of imidazole rings is 1. The number of methoxy groups -OCH3 is 1. The fourth-order valence-corrected chi connectivity index (χ4v) is 2.06. The Bertz CT molecular complexity index is 553. The Morgan fingerprint density at radius 2 is 2.26 bits per heavy atom. The fourth-order valence-electron chi connectivity index (χ4n) is 2.06. The van der Waals surface area contributed by atoms with E-state index in [4.69, 9.17) is 10.5 Å². The molecule has 5 heteroatoms. The highest BCUT2D eigenvalue weighted by Crippen LogP contribution is 2.22. The predicted molar refractivity (Wildman–Crippen MR) is 71.5 cm³/mol. The van der Waals surface area contributed by atoms with Crippen LogP contribution >= 0.6 is 0 Å². The van der Waals surface area contributed by atoms with Gasteiger partial charge in [-0.05, 0) is 13.0 Å². The highest BCUT2D eigenvalue weighted by molar-refractivity contribution is 5.31. The molecule has 1 aromatic heterocycles. The van der Waals surface area contributed by atoms with Crippen molar-refractivity contribution in [1.82, 2.24) is 9.55 Å². The van der Waals surface area contributed by atoms with E-state index in [9.17, 15) is 4.39 Å². The molecular weight excluding hydrogens is 245 g/mol. The van der Waals surface area contributed by atoms with Gasteiger partial charge in [-0.1, -0.05) is 6.07 Å². The lowest BCUT2D eigenvalue weighted by Crippen LogP contribution is -2.17. The Kier molecular flexibility index (Phi) is 4.16. The molecule has 1 unspecified atom stereocenters. The molecule has 0 aliphatic rings. The molecular formula is C14H18FN3O. The largest absolute Gasteiger partial charge is 0.497 e. The summed E-state index contributed by atoms with van der Waals surface area (Å²) in [7, 11) is 1.51. The van der Waals surface area contributed by atoms with Crippen molar-refractivity contribution in [3.8, 4) is 5.75 Å². The van der Waals surface area contributed by atoms with Crippen LogP contribution in [-0.4, -0.2) is 16.7 Å². The maximum Gasteiger partial charge on any atom is 0.131 e. The van der Waals surface area contributed by atoms with Gasteiger partial charge in [0.2, 0.25) is 0 Å². The van der Waals surface area contributed by atoms with Gasteiger partial charge in [-0.2, -0.15) is 0 Å². The molecule has 2 aromatic rings. The SMILES string of the molecule is CCn1ccnc1CC(N)c1ccc(OC)cc1F. The quantitative estimate of drug-likeness (QED) is 0.900. The minimum atomic E-state index is -0.418. The zero-order valence-corrected chi connectivity index (χ0v) is 11.1. The van der Waals surface area contributed by atoms with Crippen LogP contribution in [0.15, 0.2) is 30.6 Å². The van der Waals surface area contributed by atoms with E-state index in [1.807, 2.05) is 17.7 Å². The van der Waals surface area contributed by atoms with Crippen LogP contribution in [0.2, 0.25) is 0 Å². The molecule has 0 saturated carbocycles. The summed E-state index contributed by atoms with van der Waals surface area (Å²) in [6, 6.07) is 4.31. The monoisotopic (exact) mass is 263 g/mol. The van der Waals surface area contributed by atoms with Crippen molar-refractivity contribution in [2.45, 2.75) is 25.9 Å². The lowest BCUT2D eigenvalue weighted by atomic mass is 10.0. The molecule has 0 radical (unpaired) electrons. The van der Waals surface area contributed by atoms with Gasteiger partial charge in [0.15, 0.2) is 0 Å². The minimum absolute atomic E-state index is 0.346. The summed E-state index contributed by atoms with van der Waals surface area (Å²) >= 11 is 0. The van der Waals surface area contributed by atoms with Crippen molar-refractivity contribution in [1.29, 1.82) is 0 Å². The van der Waals surface area contributed by atoms with Crippen LogP contribution in [0.3, 0.4) is 0 Å². The second kappa shape index (κ2) is 5.84. The van der Waals surface area contributed by atoms with Crippen molar-refractivity contribution in [2.24, 2.45) is 5.73 Å². The van der Waals surface area contributed by atoms with Crippen molar-refractivity contribution >= 4 is 0 Å². The number of rotatable bonds is 5. The molecule has 0 aliphatic heterocycles. The van der Waals surface area contributed by atoms with Crippen molar-refractivity contribution in [3.05, 3.63) is 47.8 Å². The summed E-state index contributed by atoms with van der Waals surface area (Å²) in [6.07, 6.45) is 4.13. The summed E-state index contributed by atoms with van der Waals surface area (Å²) in [5.41, 5.74) is 6.55. The Morgan fingerprint density at radius 1 is 1.47 bits per heavy atom. The Labute approximate surface area is 112 Å². The van der Waals surface area contributed by atoms with Gasteiger partial charge < -0.3 is 15.0 Å². The minimum Gasteiger partial charge on any atom is -0.497 e. The number of nitrogens with zero attached hydrogens (tertiary/aromatic N) is 2. The number of ether oxygens (including phenoxy) is 1. The number of aromatic nitrogens is 2. The molecule has 1 atom stereocenters. The maximum atomic E-state index is 13.9. The van der Waals surface area contributed by atoms with E-state index >= 15 is 0 Å². The smallest absolute Gasteiger partial charge is 0.131 e. The third-order valence-corrected chi connectivity index (χ3v) is 3.15. The van der Waals surface area contributed by atoms with Gasteiger partial charge in [0, 0.05) is 43.0 Å². The van der Waals surface area contributed by atoms with Gasteiger partial charge in [0.1, 0.15) is 17.4 Å². The van der Waals surface area contributed by atoms with Gasteiger partial charge in [0.25, 0.3) is 0 Å². The topological polar surface area (TPSA) is 53.1 Å². The molecule has 0 fully saturated rings. The fraction of sp³-hybridized carbons (Fsp3) is 0.357. The average molecular weight is 263 g/mol. The summed E-state index contributed by atoms with van der Waals surface area (Å²) in [4.78, 5) is 4.25. The zero-order valence-electron chi connectivity index (χ0n) is 11.1. The molecule has 2 rings (SSSR count). The summed E-state index contributed by atoms with van der Waals surface area (Å²) in [5.74, 6) is 1.01. The first-order chi connectivity index (χ1) is 9.15. The highest BCUT2D eigenvalue weighted by Gasteiger charge is 2.15. The lowest BCUT2D eigenvalue weighted by molar-refractivity contribution is 0.410. The van der Waals surface area contributed by atoms with Crippen LogP contribution in [0.1, 0.15) is 24.4 Å². The zero-order chi connectivity index (χ0) is 13.8. The molecule has 0 saturated heterocycles. The summed E-state index contributed by atoms with van der Waals surface area (Å²) in [6.45, 7) is 2.86. The normalized spacial score (nSPS) is 12.4. The van der Waals surface area contributed by atoms with Gasteiger partial charge in [0.05, 0.1) is 7.11 Å². The Hall–Kier alpha value is -1.88. The van der Waals surface area contributed by atoms with Gasteiger partial charge in [-0.25, -0.2) is 9.37 Å².